The van der Waals surface area contributed by atoms with E-state index in [0.29, 0.717) is 55.9 Å². The predicted molar refractivity (Wildman–Crippen MR) is 209 cm³/mol. The van der Waals surface area contributed by atoms with Crippen molar-refractivity contribution < 1.29 is 37.1 Å². The van der Waals surface area contributed by atoms with Gasteiger partial charge in [0.15, 0.2) is 0 Å². The van der Waals surface area contributed by atoms with Gasteiger partial charge in [-0.2, -0.15) is 10.2 Å². The maximum absolute atomic E-state index is 14.9. The van der Waals surface area contributed by atoms with E-state index < -0.39 is 62.8 Å². The minimum Gasteiger partial charge on any atom is -0.459 e. The zero-order chi connectivity index (χ0) is 40.8. The van der Waals surface area contributed by atoms with Crippen LogP contribution in [0.1, 0.15) is 102 Å². The molecule has 17 heteroatoms. The minimum absolute atomic E-state index is 0.0453. The van der Waals surface area contributed by atoms with Gasteiger partial charge in [0.05, 0.1) is 34.3 Å². The molecular formula is C41H51N7O9S. The molecule has 0 radical (unpaired) electrons. The van der Waals surface area contributed by atoms with Crippen LogP contribution in [0.3, 0.4) is 0 Å². The molecule has 8 rings (SSSR count). The Morgan fingerprint density at radius 3 is 2.52 bits per heavy atom. The summed E-state index contributed by atoms with van der Waals surface area (Å²) in [5.74, 6) is -2.37. The van der Waals surface area contributed by atoms with E-state index in [1.54, 1.807) is 12.1 Å². The van der Waals surface area contributed by atoms with E-state index >= 15 is 0 Å². The lowest BCUT2D eigenvalue weighted by atomic mass is 9.96. The Kier molecular flexibility index (Phi) is 11.0. The van der Waals surface area contributed by atoms with Crippen LogP contribution in [0.15, 0.2) is 35.1 Å². The summed E-state index contributed by atoms with van der Waals surface area (Å²) in [5, 5.41) is 15.0. The number of hydrogen-bond donors (Lipinski definition) is 3. The van der Waals surface area contributed by atoms with E-state index in [4.69, 9.17) is 9.47 Å². The number of amides is 4. The third kappa shape index (κ3) is 7.91. The first-order valence-electron chi connectivity index (χ1n) is 20.8. The number of benzene rings is 1. The fourth-order valence-corrected chi connectivity index (χ4v) is 11.0. The van der Waals surface area contributed by atoms with Gasteiger partial charge in [-0.15, -0.1) is 0 Å². The first kappa shape index (κ1) is 39.8. The quantitative estimate of drug-likeness (QED) is 0.344. The van der Waals surface area contributed by atoms with Gasteiger partial charge in [-0.05, 0) is 100 Å². The lowest BCUT2D eigenvalue weighted by molar-refractivity contribution is -0.142. The highest BCUT2D eigenvalue weighted by atomic mass is 32.2. The van der Waals surface area contributed by atoms with Gasteiger partial charge in [-0.1, -0.05) is 38.3 Å². The topological polar surface area (TPSA) is 219 Å². The molecule has 4 saturated carbocycles. The van der Waals surface area contributed by atoms with Gasteiger partial charge in [-0.25, -0.2) is 13.2 Å². The van der Waals surface area contributed by atoms with Crippen molar-refractivity contribution in [2.45, 2.75) is 138 Å². The molecule has 4 amide bonds. The van der Waals surface area contributed by atoms with Crippen molar-refractivity contribution in [1.82, 2.24) is 29.8 Å². The highest BCUT2D eigenvalue weighted by Crippen LogP contribution is 2.47. The Morgan fingerprint density at radius 1 is 1.02 bits per heavy atom. The Hall–Kier alpha value is -4.98. The van der Waals surface area contributed by atoms with Gasteiger partial charge in [0.2, 0.25) is 21.8 Å². The van der Waals surface area contributed by atoms with Crippen LogP contribution in [0.25, 0.3) is 10.9 Å². The third-order valence-corrected chi connectivity index (χ3v) is 15.0. The van der Waals surface area contributed by atoms with Crippen LogP contribution in [0.5, 0.6) is 6.01 Å². The van der Waals surface area contributed by atoms with Crippen molar-refractivity contribution in [2.24, 2.45) is 17.8 Å². The summed E-state index contributed by atoms with van der Waals surface area (Å²) in [4.78, 5) is 76.7. The van der Waals surface area contributed by atoms with Crippen molar-refractivity contribution in [3.8, 4) is 12.1 Å². The molecule has 5 fully saturated rings. The number of carbonyl (C=O) groups is 4. The van der Waals surface area contributed by atoms with Gasteiger partial charge < -0.3 is 25.0 Å². The smallest absolute Gasteiger partial charge is 0.408 e. The van der Waals surface area contributed by atoms with Crippen LogP contribution in [0.4, 0.5) is 4.79 Å². The minimum atomic E-state index is -3.90. The molecule has 0 spiro atoms. The second-order valence-electron chi connectivity index (χ2n) is 16.9. The number of rotatable bonds is 7. The molecular weight excluding hydrogens is 767 g/mol. The molecule has 2 bridgehead atoms. The number of alkyl carbamates (subject to hydrolysis) is 1. The van der Waals surface area contributed by atoms with Gasteiger partial charge in [0.25, 0.3) is 17.5 Å². The number of nitriles is 1. The SMILES string of the molecule is CC[C@@H]1C[C@]1(NC(=O)[C@@H]1C[C@@H]2CN1C(=O)[C@H](C1CCCC1)NC(=O)O[C@@H]1CCC[C@H]1CC/C=C/Cn1c(nc3cc(C#N)ccc3c1=O)O2)C(=O)NS(=O)(=O)C1CC1. The molecule has 1 saturated heterocycles. The normalized spacial score (nSPS) is 31.1. The standard InChI is InChI=1S/C41H51N7O9S/c1-2-27-21-41(27,38(52)46-58(54,55)29-15-16-29)45-35(49)32-20-28-23-48(32)37(51)34(26-10-5-6-11-26)44-40(53)57-33-13-8-12-25(33)9-4-3-7-18-47-36(50)30-17-14-24(22-42)19-31(30)43-39(47)56-28/h3,7,14,17,19,25-29,32-34H,2,4-6,8-13,15-16,18,20-21,23H2,1H3,(H,44,53)(H,45,49)(H,46,52)/b7-3+/t25-,27-,28-,32+,33-,34+,41-/m1/s1. The van der Waals surface area contributed by atoms with E-state index in [1.165, 1.54) is 15.5 Å². The number of aromatic nitrogens is 2. The van der Waals surface area contributed by atoms with E-state index in [9.17, 15) is 37.7 Å². The van der Waals surface area contributed by atoms with Crippen molar-refractivity contribution in [3.05, 3.63) is 46.3 Å². The van der Waals surface area contributed by atoms with Crippen LogP contribution in [-0.4, -0.2) is 88.3 Å². The summed E-state index contributed by atoms with van der Waals surface area (Å²) in [6, 6.07) is 4.46. The number of nitrogens with zero attached hydrogens (tertiary/aromatic N) is 4. The molecule has 3 N–H and O–H groups in total. The van der Waals surface area contributed by atoms with Crippen molar-refractivity contribution in [2.75, 3.05) is 6.54 Å². The molecule has 3 heterocycles. The number of sulfonamides is 1. The number of ether oxygens (including phenoxy) is 2. The summed E-state index contributed by atoms with van der Waals surface area (Å²) in [5.41, 5.74) is -1.30. The van der Waals surface area contributed by atoms with E-state index in [1.807, 2.05) is 19.1 Å². The lowest BCUT2D eigenvalue weighted by Gasteiger charge is -2.32. The fraction of sp³-hybridized carbons (Fsp3) is 0.634. The molecule has 1 aromatic carbocycles. The fourth-order valence-electron chi connectivity index (χ4n) is 9.59. The second-order valence-corrected chi connectivity index (χ2v) is 18.9. The molecule has 310 valence electrons. The number of hydrogen-bond acceptors (Lipinski definition) is 11. The maximum Gasteiger partial charge on any atom is 0.408 e. The Labute approximate surface area is 337 Å². The van der Waals surface area contributed by atoms with E-state index in [0.717, 1.165) is 32.1 Å². The zero-order valence-electron chi connectivity index (χ0n) is 32.7. The van der Waals surface area contributed by atoms with Crippen LogP contribution >= 0.6 is 0 Å². The molecule has 16 nitrogen and oxygen atoms in total. The summed E-state index contributed by atoms with van der Waals surface area (Å²) < 4.78 is 41.7. The predicted octanol–water partition coefficient (Wildman–Crippen LogP) is 3.31. The molecule has 1 aromatic heterocycles. The van der Waals surface area contributed by atoms with Gasteiger partial charge in [0.1, 0.15) is 29.8 Å². The Morgan fingerprint density at radius 2 is 1.79 bits per heavy atom. The highest BCUT2D eigenvalue weighted by molar-refractivity contribution is 7.91. The monoisotopic (exact) mass is 817 g/mol. The number of allylic oxidation sites excluding steroid dienone is 2. The van der Waals surface area contributed by atoms with Crippen molar-refractivity contribution >= 4 is 44.7 Å². The second kappa shape index (κ2) is 16.0. The van der Waals surface area contributed by atoms with Crippen LogP contribution < -0.4 is 25.7 Å². The van der Waals surface area contributed by atoms with E-state index in [-0.39, 0.29) is 66.9 Å². The third-order valence-electron chi connectivity index (χ3n) is 13.1. The van der Waals surface area contributed by atoms with Crippen molar-refractivity contribution in [1.29, 1.82) is 5.26 Å². The lowest BCUT2D eigenvalue weighted by Crippen LogP contribution is -2.59. The largest absolute Gasteiger partial charge is 0.459 e. The maximum atomic E-state index is 14.9. The number of carbonyl (C=O) groups excluding carboxylic acids is 4. The molecule has 58 heavy (non-hydrogen) atoms. The zero-order valence-corrected chi connectivity index (χ0v) is 33.5. The first-order chi connectivity index (χ1) is 27.9. The first-order valence-corrected chi connectivity index (χ1v) is 22.4. The Bertz CT molecular complexity index is 2230. The number of nitrogens with one attached hydrogen (secondary N) is 3. The summed E-state index contributed by atoms with van der Waals surface area (Å²) in [6.45, 7) is 1.86. The average Bonchev–Trinajstić information content (AvgIpc) is 3.99. The summed E-state index contributed by atoms with van der Waals surface area (Å²) >= 11 is 0. The summed E-state index contributed by atoms with van der Waals surface area (Å²) in [6.07, 6.45) is 10.6. The molecule has 4 aliphatic carbocycles. The van der Waals surface area contributed by atoms with Crippen LogP contribution in [-0.2, 0) is 35.7 Å². The molecule has 0 unspecified atom stereocenters. The molecule has 2 aliphatic heterocycles. The average molecular weight is 818 g/mol. The van der Waals surface area contributed by atoms with Gasteiger partial charge in [-0.3, -0.25) is 28.5 Å². The van der Waals surface area contributed by atoms with Crippen LogP contribution in [0, 0.1) is 29.1 Å². The summed E-state index contributed by atoms with van der Waals surface area (Å²) in [7, 11) is -3.90. The van der Waals surface area contributed by atoms with Gasteiger partial charge >= 0.3 is 6.09 Å². The number of fused-ring (bicyclic) bond motifs is 5. The van der Waals surface area contributed by atoms with Gasteiger partial charge in [0, 0.05) is 13.0 Å². The molecule has 2 aromatic rings. The highest BCUT2D eigenvalue weighted by Gasteiger charge is 2.62. The van der Waals surface area contributed by atoms with E-state index in [2.05, 4.69) is 26.4 Å². The van der Waals surface area contributed by atoms with Crippen molar-refractivity contribution in [3.63, 3.8) is 0 Å². The Balaban J connectivity index is 1.15. The molecule has 6 aliphatic rings. The molecule has 7 atom stereocenters. The van der Waals surface area contributed by atoms with Crippen LogP contribution in [0.2, 0.25) is 0 Å².